The number of rotatable bonds is 3. The molecule has 2 aromatic rings. The number of aryl methyl sites for hydroxylation is 2. The number of carbonyl (C=O) groups excluding carboxylic acids is 2. The van der Waals surface area contributed by atoms with Crippen molar-refractivity contribution in [1.29, 1.82) is 0 Å². The Morgan fingerprint density at radius 3 is 2.61 bits per heavy atom. The maximum absolute atomic E-state index is 13.0. The average molecular weight is 386 g/mol. The van der Waals surface area contributed by atoms with Crippen LogP contribution in [0.25, 0.3) is 5.65 Å². The van der Waals surface area contributed by atoms with Gasteiger partial charge in [-0.1, -0.05) is 13.8 Å². The molecule has 2 amide bonds. The molecule has 0 spiro atoms. The Morgan fingerprint density at radius 1 is 1.21 bits per heavy atom. The topological polar surface area (TPSA) is 92.9 Å². The number of ether oxygens (including phenoxy) is 1. The number of cyclic esters (lactones) is 1. The van der Waals surface area contributed by atoms with Gasteiger partial charge in [-0.2, -0.15) is 5.10 Å². The second-order valence-electron chi connectivity index (χ2n) is 8.01. The summed E-state index contributed by atoms with van der Waals surface area (Å²) < 4.78 is 6.94. The molecular weight excluding hydrogens is 360 g/mol. The molecule has 2 aliphatic heterocycles. The number of fused-ring (bicyclic) bond motifs is 1. The summed E-state index contributed by atoms with van der Waals surface area (Å²) >= 11 is 0. The van der Waals surface area contributed by atoms with Gasteiger partial charge in [-0.3, -0.25) is 9.69 Å². The fraction of sp³-hybridized carbons (Fsp3) is 0.632. The van der Waals surface area contributed by atoms with Crippen LogP contribution in [0, 0.1) is 19.8 Å². The third kappa shape index (κ3) is 3.08. The summed E-state index contributed by atoms with van der Waals surface area (Å²) in [5.41, 5.74) is 2.49. The molecule has 2 fully saturated rings. The van der Waals surface area contributed by atoms with Gasteiger partial charge in [0.1, 0.15) is 6.61 Å². The molecule has 0 aromatic carbocycles. The Kier molecular flexibility index (Phi) is 4.68. The first-order valence-corrected chi connectivity index (χ1v) is 9.81. The van der Waals surface area contributed by atoms with Crippen molar-refractivity contribution in [1.82, 2.24) is 29.6 Å². The molecule has 4 heterocycles. The maximum atomic E-state index is 13.0. The van der Waals surface area contributed by atoms with Crippen LogP contribution in [-0.2, 0) is 4.74 Å². The van der Waals surface area contributed by atoms with E-state index in [0.29, 0.717) is 42.6 Å². The van der Waals surface area contributed by atoms with E-state index in [1.54, 1.807) is 9.42 Å². The van der Waals surface area contributed by atoms with Crippen LogP contribution in [-0.4, -0.2) is 73.4 Å². The summed E-state index contributed by atoms with van der Waals surface area (Å²) in [4.78, 5) is 28.9. The number of amides is 2. The van der Waals surface area contributed by atoms with Crippen molar-refractivity contribution in [2.45, 2.75) is 52.6 Å². The number of likely N-dealkylation sites (tertiary alicyclic amines) is 1. The minimum atomic E-state index is -0.232. The molecule has 1 atom stereocenters. The van der Waals surface area contributed by atoms with E-state index in [2.05, 4.69) is 29.1 Å². The lowest BCUT2D eigenvalue weighted by molar-refractivity contribution is 0.0612. The van der Waals surface area contributed by atoms with Crippen LogP contribution in [0.3, 0.4) is 0 Å². The molecular formula is C19H26N6O3. The Morgan fingerprint density at radius 2 is 1.93 bits per heavy atom. The number of nitrogens with zero attached hydrogens (tertiary/aromatic N) is 6. The van der Waals surface area contributed by atoms with Gasteiger partial charge in [0.2, 0.25) is 0 Å². The molecule has 0 N–H and O–H groups in total. The molecule has 0 aliphatic carbocycles. The standard InChI is InChI=1S/C19H26N6O3/c1-11(2)15-10-28-19(27)24(15)14-5-7-23(8-6-14)18(26)17-13(4)25-16(20-21-17)9-12(3)22-25/h9,11,14-15H,5-8,10H2,1-4H3. The van der Waals surface area contributed by atoms with Crippen molar-refractivity contribution < 1.29 is 14.3 Å². The second kappa shape index (κ2) is 7.03. The van der Waals surface area contributed by atoms with Gasteiger partial charge in [-0.05, 0) is 32.6 Å². The number of hydrogen-bond donors (Lipinski definition) is 0. The fourth-order valence-electron chi connectivity index (χ4n) is 4.15. The summed E-state index contributed by atoms with van der Waals surface area (Å²) in [7, 11) is 0. The highest BCUT2D eigenvalue weighted by atomic mass is 16.6. The van der Waals surface area contributed by atoms with Crippen molar-refractivity contribution in [2.75, 3.05) is 19.7 Å². The smallest absolute Gasteiger partial charge is 0.410 e. The van der Waals surface area contributed by atoms with Gasteiger partial charge in [0.25, 0.3) is 5.91 Å². The molecule has 4 rings (SSSR count). The van der Waals surface area contributed by atoms with E-state index in [0.717, 1.165) is 18.5 Å². The van der Waals surface area contributed by atoms with E-state index < -0.39 is 0 Å². The largest absolute Gasteiger partial charge is 0.447 e. The fourth-order valence-corrected chi connectivity index (χ4v) is 4.15. The van der Waals surface area contributed by atoms with Crippen LogP contribution in [0.5, 0.6) is 0 Å². The predicted octanol–water partition coefficient (Wildman–Crippen LogP) is 1.82. The molecule has 2 aromatic heterocycles. The zero-order valence-electron chi connectivity index (χ0n) is 16.8. The summed E-state index contributed by atoms with van der Waals surface area (Å²) in [5, 5.41) is 12.7. The van der Waals surface area contributed by atoms with Crippen LogP contribution in [0.4, 0.5) is 4.79 Å². The highest BCUT2D eigenvalue weighted by Gasteiger charge is 2.41. The molecule has 0 bridgehead atoms. The van der Waals surface area contributed by atoms with Crippen LogP contribution in [0.15, 0.2) is 6.07 Å². The van der Waals surface area contributed by atoms with Gasteiger partial charge in [0.15, 0.2) is 11.3 Å². The SMILES string of the molecule is Cc1cc2nnc(C(=O)N3CCC(N4C(=O)OCC4C(C)C)CC3)c(C)n2n1. The van der Waals surface area contributed by atoms with Crippen LogP contribution in [0.2, 0.25) is 0 Å². The van der Waals surface area contributed by atoms with Crippen molar-refractivity contribution in [3.05, 3.63) is 23.1 Å². The zero-order valence-corrected chi connectivity index (χ0v) is 16.8. The molecule has 9 heteroatoms. The normalized spacial score (nSPS) is 21.0. The van der Waals surface area contributed by atoms with E-state index >= 15 is 0 Å². The summed E-state index contributed by atoms with van der Waals surface area (Å²) in [6.45, 7) is 9.54. The molecule has 2 saturated heterocycles. The number of carbonyl (C=O) groups is 2. The predicted molar refractivity (Wildman–Crippen MR) is 101 cm³/mol. The van der Waals surface area contributed by atoms with Crippen molar-refractivity contribution in [2.24, 2.45) is 5.92 Å². The lowest BCUT2D eigenvalue weighted by Crippen LogP contribution is -2.51. The summed E-state index contributed by atoms with van der Waals surface area (Å²) in [6, 6.07) is 2.05. The third-order valence-electron chi connectivity index (χ3n) is 5.79. The highest BCUT2D eigenvalue weighted by molar-refractivity contribution is 5.93. The van der Waals surface area contributed by atoms with Gasteiger partial charge in [0, 0.05) is 25.2 Å². The van der Waals surface area contributed by atoms with Gasteiger partial charge >= 0.3 is 6.09 Å². The maximum Gasteiger partial charge on any atom is 0.410 e. The Balaban J connectivity index is 1.47. The highest BCUT2D eigenvalue weighted by Crippen LogP contribution is 2.28. The molecule has 0 radical (unpaired) electrons. The first-order chi connectivity index (χ1) is 13.4. The van der Waals surface area contributed by atoms with Crippen molar-refractivity contribution >= 4 is 17.6 Å². The second-order valence-corrected chi connectivity index (χ2v) is 8.01. The van der Waals surface area contributed by atoms with Crippen molar-refractivity contribution in [3.8, 4) is 0 Å². The molecule has 1 unspecified atom stereocenters. The molecule has 0 saturated carbocycles. The van der Waals surface area contributed by atoms with Gasteiger partial charge in [-0.15, -0.1) is 10.2 Å². The quantitative estimate of drug-likeness (QED) is 0.799. The Bertz CT molecular complexity index is 916. The van der Waals surface area contributed by atoms with Crippen LogP contribution < -0.4 is 0 Å². The first-order valence-electron chi connectivity index (χ1n) is 9.81. The van der Waals surface area contributed by atoms with Crippen LogP contribution >= 0.6 is 0 Å². The first kappa shape index (κ1) is 18.6. The number of hydrogen-bond acceptors (Lipinski definition) is 6. The van der Waals surface area contributed by atoms with Crippen LogP contribution in [0.1, 0.15) is 48.6 Å². The average Bonchev–Trinajstić information content (AvgIpc) is 3.24. The lowest BCUT2D eigenvalue weighted by Gasteiger charge is -2.38. The van der Waals surface area contributed by atoms with E-state index in [1.807, 2.05) is 24.8 Å². The summed E-state index contributed by atoms with van der Waals surface area (Å²) in [5.74, 6) is 0.205. The molecule has 9 nitrogen and oxygen atoms in total. The molecule has 2 aliphatic rings. The lowest BCUT2D eigenvalue weighted by atomic mass is 9.97. The third-order valence-corrected chi connectivity index (χ3v) is 5.79. The molecule has 28 heavy (non-hydrogen) atoms. The monoisotopic (exact) mass is 386 g/mol. The van der Waals surface area contributed by atoms with E-state index in [4.69, 9.17) is 4.74 Å². The van der Waals surface area contributed by atoms with Gasteiger partial charge < -0.3 is 9.64 Å². The minimum absolute atomic E-state index is 0.106. The molecule has 150 valence electrons. The minimum Gasteiger partial charge on any atom is -0.447 e. The number of aromatic nitrogens is 4. The van der Waals surface area contributed by atoms with Crippen molar-refractivity contribution in [3.63, 3.8) is 0 Å². The number of piperidine rings is 1. The zero-order chi connectivity index (χ0) is 20.0. The van der Waals surface area contributed by atoms with Gasteiger partial charge in [-0.25, -0.2) is 9.31 Å². The van der Waals surface area contributed by atoms with E-state index in [1.165, 1.54) is 0 Å². The summed E-state index contributed by atoms with van der Waals surface area (Å²) in [6.07, 6.45) is 1.24. The van der Waals surface area contributed by atoms with Gasteiger partial charge in [0.05, 0.1) is 17.4 Å². The Labute approximate surface area is 163 Å². The van der Waals surface area contributed by atoms with E-state index in [-0.39, 0.29) is 24.1 Å². The Hall–Kier alpha value is -2.71. The van der Waals surface area contributed by atoms with E-state index in [9.17, 15) is 9.59 Å².